The number of Topliss-reactive ketones (excluding diaryl/α,β-unsaturated/α-hetero) is 1. The molecule has 1 aromatic carbocycles. The second kappa shape index (κ2) is 4.87. The highest BCUT2D eigenvalue weighted by atomic mass is 16.3. The SMILES string of the molecule is C=C(C(=O)c1cccc(O)c1)N1CCC=CC1=O. The smallest absolute Gasteiger partial charge is 0.250 e. The van der Waals surface area contributed by atoms with E-state index in [0.29, 0.717) is 18.5 Å². The first-order valence-electron chi connectivity index (χ1n) is 5.60. The molecule has 1 amide bonds. The highest BCUT2D eigenvalue weighted by Crippen LogP contribution is 2.18. The van der Waals surface area contributed by atoms with Gasteiger partial charge >= 0.3 is 0 Å². The van der Waals surface area contributed by atoms with Crippen LogP contribution in [0.3, 0.4) is 0 Å². The molecule has 0 spiro atoms. The summed E-state index contributed by atoms with van der Waals surface area (Å²) in [7, 11) is 0. The number of phenolic OH excluding ortho intramolecular Hbond substituents is 1. The molecule has 1 aliphatic rings. The first-order valence-corrected chi connectivity index (χ1v) is 5.60. The lowest BCUT2D eigenvalue weighted by Crippen LogP contribution is -2.34. The van der Waals surface area contributed by atoms with Gasteiger partial charge in [-0.05, 0) is 24.6 Å². The summed E-state index contributed by atoms with van der Waals surface area (Å²) in [6.45, 7) is 4.13. The third-order valence-corrected chi connectivity index (χ3v) is 2.74. The van der Waals surface area contributed by atoms with Crippen molar-refractivity contribution in [2.24, 2.45) is 0 Å². The zero-order chi connectivity index (χ0) is 13.1. The van der Waals surface area contributed by atoms with Gasteiger partial charge in [0.05, 0.1) is 5.70 Å². The maximum Gasteiger partial charge on any atom is 0.250 e. The molecule has 1 heterocycles. The van der Waals surface area contributed by atoms with Gasteiger partial charge < -0.3 is 10.0 Å². The lowest BCUT2D eigenvalue weighted by Gasteiger charge is -2.24. The van der Waals surface area contributed by atoms with Gasteiger partial charge in [0.1, 0.15) is 5.75 Å². The Bertz CT molecular complexity index is 546. The molecule has 4 heteroatoms. The predicted molar refractivity (Wildman–Crippen MR) is 67.0 cm³/mol. The lowest BCUT2D eigenvalue weighted by molar-refractivity contribution is -0.124. The largest absolute Gasteiger partial charge is 0.508 e. The Morgan fingerprint density at radius 2 is 2.17 bits per heavy atom. The van der Waals surface area contributed by atoms with Gasteiger partial charge in [-0.1, -0.05) is 24.8 Å². The number of benzene rings is 1. The maximum atomic E-state index is 12.1. The number of carbonyl (C=O) groups excluding carboxylic acids is 2. The number of ketones is 1. The lowest BCUT2D eigenvalue weighted by atomic mass is 10.1. The van der Waals surface area contributed by atoms with Crippen LogP contribution in [0.15, 0.2) is 48.7 Å². The average molecular weight is 243 g/mol. The Kier molecular flexibility index (Phi) is 3.28. The van der Waals surface area contributed by atoms with E-state index in [9.17, 15) is 14.7 Å². The molecule has 0 radical (unpaired) electrons. The number of hydrogen-bond acceptors (Lipinski definition) is 3. The molecule has 0 aromatic heterocycles. The number of amides is 1. The van der Waals surface area contributed by atoms with Crippen molar-refractivity contribution in [3.05, 3.63) is 54.3 Å². The minimum Gasteiger partial charge on any atom is -0.508 e. The molecule has 0 unspecified atom stereocenters. The number of carbonyl (C=O) groups is 2. The molecule has 1 N–H and O–H groups in total. The van der Waals surface area contributed by atoms with Gasteiger partial charge in [-0.2, -0.15) is 0 Å². The molecule has 0 saturated carbocycles. The van der Waals surface area contributed by atoms with Crippen LogP contribution < -0.4 is 0 Å². The van der Waals surface area contributed by atoms with Crippen molar-refractivity contribution in [3.8, 4) is 5.75 Å². The topological polar surface area (TPSA) is 57.6 Å². The van der Waals surface area contributed by atoms with E-state index in [1.807, 2.05) is 0 Å². The summed E-state index contributed by atoms with van der Waals surface area (Å²) in [6.07, 6.45) is 3.91. The summed E-state index contributed by atoms with van der Waals surface area (Å²) in [6, 6.07) is 6.00. The molecule has 0 atom stereocenters. The third-order valence-electron chi connectivity index (χ3n) is 2.74. The Morgan fingerprint density at radius 1 is 1.39 bits per heavy atom. The number of hydrogen-bond donors (Lipinski definition) is 1. The molecule has 92 valence electrons. The van der Waals surface area contributed by atoms with Crippen LogP contribution >= 0.6 is 0 Å². The summed E-state index contributed by atoms with van der Waals surface area (Å²) in [5.41, 5.74) is 0.456. The fraction of sp³-hybridized carbons (Fsp3) is 0.143. The van der Waals surface area contributed by atoms with Crippen molar-refractivity contribution >= 4 is 11.7 Å². The molecule has 1 aliphatic heterocycles. The van der Waals surface area contributed by atoms with Crippen molar-refractivity contribution in [1.82, 2.24) is 4.90 Å². The van der Waals surface area contributed by atoms with Crippen LogP contribution in [0.2, 0.25) is 0 Å². The van der Waals surface area contributed by atoms with Crippen molar-refractivity contribution in [3.63, 3.8) is 0 Å². The van der Waals surface area contributed by atoms with Gasteiger partial charge in [-0.15, -0.1) is 0 Å². The van der Waals surface area contributed by atoms with Gasteiger partial charge in [0.15, 0.2) is 0 Å². The van der Waals surface area contributed by atoms with Crippen LogP contribution in [0.25, 0.3) is 0 Å². The molecule has 4 nitrogen and oxygen atoms in total. The summed E-state index contributed by atoms with van der Waals surface area (Å²) in [4.78, 5) is 25.1. The Morgan fingerprint density at radius 3 is 2.83 bits per heavy atom. The summed E-state index contributed by atoms with van der Waals surface area (Å²) in [5, 5.41) is 9.33. The van der Waals surface area contributed by atoms with Gasteiger partial charge in [0.2, 0.25) is 5.78 Å². The fourth-order valence-electron chi connectivity index (χ4n) is 1.79. The van der Waals surface area contributed by atoms with Crippen LogP contribution in [-0.4, -0.2) is 28.2 Å². The van der Waals surface area contributed by atoms with Crippen LogP contribution in [0, 0.1) is 0 Å². The Labute approximate surface area is 105 Å². The quantitative estimate of drug-likeness (QED) is 0.651. The molecule has 0 saturated heterocycles. The monoisotopic (exact) mass is 243 g/mol. The highest BCUT2D eigenvalue weighted by Gasteiger charge is 2.22. The minimum atomic E-state index is -0.352. The van der Waals surface area contributed by atoms with Gasteiger partial charge in [0, 0.05) is 12.1 Å². The first-order chi connectivity index (χ1) is 8.59. The second-order valence-electron chi connectivity index (χ2n) is 4.01. The van der Waals surface area contributed by atoms with Crippen LogP contribution in [0.5, 0.6) is 5.75 Å². The van der Waals surface area contributed by atoms with E-state index in [1.165, 1.54) is 23.1 Å². The first kappa shape index (κ1) is 12.1. The van der Waals surface area contributed by atoms with E-state index in [4.69, 9.17) is 0 Å². The maximum absolute atomic E-state index is 12.1. The van der Waals surface area contributed by atoms with E-state index in [2.05, 4.69) is 6.58 Å². The van der Waals surface area contributed by atoms with Crippen molar-refractivity contribution in [2.75, 3.05) is 6.54 Å². The fourth-order valence-corrected chi connectivity index (χ4v) is 1.79. The molecule has 1 aromatic rings. The van der Waals surface area contributed by atoms with Crippen molar-refractivity contribution in [1.29, 1.82) is 0 Å². The van der Waals surface area contributed by atoms with E-state index >= 15 is 0 Å². The normalized spacial score (nSPS) is 14.7. The Hall–Kier alpha value is -2.36. The molecule has 0 bridgehead atoms. The number of aromatic hydroxyl groups is 1. The second-order valence-corrected chi connectivity index (χ2v) is 4.01. The molecule has 2 rings (SSSR count). The van der Waals surface area contributed by atoms with Crippen molar-refractivity contribution in [2.45, 2.75) is 6.42 Å². The zero-order valence-electron chi connectivity index (χ0n) is 9.80. The number of nitrogens with zero attached hydrogens (tertiary/aromatic N) is 1. The van der Waals surface area contributed by atoms with Gasteiger partial charge in [-0.3, -0.25) is 9.59 Å². The standard InChI is InChI=1S/C14H13NO3/c1-10(15-8-3-2-7-13(15)17)14(18)11-5-4-6-12(16)9-11/h2,4-7,9,16H,1,3,8H2. The minimum absolute atomic E-state index is 0.0125. The summed E-state index contributed by atoms with van der Waals surface area (Å²) < 4.78 is 0. The molecule has 0 fully saturated rings. The number of phenols is 1. The highest BCUT2D eigenvalue weighted by molar-refractivity contribution is 6.11. The van der Waals surface area contributed by atoms with Crippen LogP contribution in [0.1, 0.15) is 16.8 Å². The Balaban J connectivity index is 2.21. The van der Waals surface area contributed by atoms with E-state index in [1.54, 1.807) is 18.2 Å². The van der Waals surface area contributed by atoms with Crippen LogP contribution in [0.4, 0.5) is 0 Å². The van der Waals surface area contributed by atoms with E-state index in [0.717, 1.165) is 0 Å². The zero-order valence-corrected chi connectivity index (χ0v) is 9.80. The van der Waals surface area contributed by atoms with E-state index in [-0.39, 0.29) is 23.1 Å². The summed E-state index contributed by atoms with van der Waals surface area (Å²) in [5.74, 6) is -0.576. The third kappa shape index (κ3) is 2.32. The molecular weight excluding hydrogens is 230 g/mol. The van der Waals surface area contributed by atoms with Gasteiger partial charge in [-0.25, -0.2) is 0 Å². The van der Waals surface area contributed by atoms with E-state index < -0.39 is 0 Å². The molecular formula is C14H13NO3. The van der Waals surface area contributed by atoms with Crippen molar-refractivity contribution < 1.29 is 14.7 Å². The predicted octanol–water partition coefficient (Wildman–Crippen LogP) is 1.88. The molecule has 0 aliphatic carbocycles. The summed E-state index contributed by atoms with van der Waals surface area (Å²) >= 11 is 0. The van der Waals surface area contributed by atoms with Gasteiger partial charge in [0.25, 0.3) is 5.91 Å². The number of rotatable bonds is 3. The average Bonchev–Trinajstić information content (AvgIpc) is 2.37. The van der Waals surface area contributed by atoms with Crippen LogP contribution in [-0.2, 0) is 4.79 Å². The molecule has 18 heavy (non-hydrogen) atoms. The number of allylic oxidation sites excluding steroid dienone is 1.